The van der Waals surface area contributed by atoms with E-state index in [1.54, 1.807) is 6.33 Å². The Morgan fingerprint density at radius 2 is 2.00 bits per heavy atom. The lowest BCUT2D eigenvalue weighted by atomic mass is 10.2. The first kappa shape index (κ1) is 9.86. The normalized spacial score (nSPS) is 10.5. The number of nitrogens with zero attached hydrogens (tertiary/aromatic N) is 3. The zero-order chi connectivity index (χ0) is 10.7. The standard InChI is InChI=1S/C11H14N4/c1-2-11-14-13-8-15(11)10-5-3-9(7-12)4-6-10/h3-6,8H,2,7,12H2,1H3. The zero-order valence-electron chi connectivity index (χ0n) is 8.72. The average Bonchev–Trinajstić information content (AvgIpc) is 2.77. The molecule has 0 saturated heterocycles. The Morgan fingerprint density at radius 1 is 1.27 bits per heavy atom. The van der Waals surface area contributed by atoms with Gasteiger partial charge in [0.05, 0.1) is 0 Å². The topological polar surface area (TPSA) is 56.7 Å². The molecule has 2 aromatic rings. The molecular formula is C11H14N4. The van der Waals surface area contributed by atoms with Crippen LogP contribution >= 0.6 is 0 Å². The van der Waals surface area contributed by atoms with Crippen LogP contribution in [0.5, 0.6) is 0 Å². The summed E-state index contributed by atoms with van der Waals surface area (Å²) in [6.07, 6.45) is 2.61. The van der Waals surface area contributed by atoms with Crippen LogP contribution in [0, 0.1) is 0 Å². The lowest BCUT2D eigenvalue weighted by Crippen LogP contribution is -2.00. The molecule has 0 aliphatic carbocycles. The predicted molar refractivity (Wildman–Crippen MR) is 58.6 cm³/mol. The molecule has 4 heteroatoms. The van der Waals surface area contributed by atoms with Gasteiger partial charge in [0.25, 0.3) is 0 Å². The Kier molecular flexibility index (Phi) is 2.78. The van der Waals surface area contributed by atoms with Crippen LogP contribution in [0.25, 0.3) is 5.69 Å². The number of hydrogen-bond acceptors (Lipinski definition) is 3. The predicted octanol–water partition coefficient (Wildman–Crippen LogP) is 1.29. The lowest BCUT2D eigenvalue weighted by Gasteiger charge is -2.05. The third kappa shape index (κ3) is 1.89. The largest absolute Gasteiger partial charge is 0.326 e. The van der Waals surface area contributed by atoms with Gasteiger partial charge in [-0.2, -0.15) is 0 Å². The Balaban J connectivity index is 2.37. The van der Waals surface area contributed by atoms with Crippen molar-refractivity contribution in [1.29, 1.82) is 0 Å². The van der Waals surface area contributed by atoms with E-state index in [0.29, 0.717) is 6.54 Å². The van der Waals surface area contributed by atoms with Crippen molar-refractivity contribution in [1.82, 2.24) is 14.8 Å². The highest BCUT2D eigenvalue weighted by Gasteiger charge is 2.03. The molecule has 0 unspecified atom stereocenters. The van der Waals surface area contributed by atoms with E-state index in [-0.39, 0.29) is 0 Å². The summed E-state index contributed by atoms with van der Waals surface area (Å²) in [5.74, 6) is 0.968. The van der Waals surface area contributed by atoms with Gasteiger partial charge in [0.1, 0.15) is 12.2 Å². The van der Waals surface area contributed by atoms with Crippen molar-refractivity contribution in [2.24, 2.45) is 5.73 Å². The summed E-state index contributed by atoms with van der Waals surface area (Å²) >= 11 is 0. The second-order valence-electron chi connectivity index (χ2n) is 3.34. The minimum Gasteiger partial charge on any atom is -0.326 e. The summed E-state index contributed by atoms with van der Waals surface area (Å²) in [4.78, 5) is 0. The number of aromatic nitrogens is 3. The van der Waals surface area contributed by atoms with E-state index in [2.05, 4.69) is 17.1 Å². The molecule has 0 spiro atoms. The molecule has 0 saturated carbocycles. The monoisotopic (exact) mass is 202 g/mol. The fourth-order valence-corrected chi connectivity index (χ4v) is 1.51. The van der Waals surface area contributed by atoms with Crippen molar-refractivity contribution in [2.45, 2.75) is 19.9 Å². The molecule has 15 heavy (non-hydrogen) atoms. The highest BCUT2D eigenvalue weighted by atomic mass is 15.3. The van der Waals surface area contributed by atoms with Gasteiger partial charge in [-0.3, -0.25) is 4.57 Å². The molecular weight excluding hydrogens is 188 g/mol. The minimum atomic E-state index is 0.573. The van der Waals surface area contributed by atoms with Gasteiger partial charge in [0.15, 0.2) is 0 Å². The van der Waals surface area contributed by atoms with Crippen molar-refractivity contribution in [3.05, 3.63) is 42.0 Å². The van der Waals surface area contributed by atoms with E-state index in [0.717, 1.165) is 23.5 Å². The number of rotatable bonds is 3. The summed E-state index contributed by atoms with van der Waals surface area (Å²) in [5.41, 5.74) is 7.75. The van der Waals surface area contributed by atoms with Crippen LogP contribution in [-0.4, -0.2) is 14.8 Å². The van der Waals surface area contributed by atoms with Crippen molar-refractivity contribution < 1.29 is 0 Å². The highest BCUT2D eigenvalue weighted by molar-refractivity contribution is 5.35. The molecule has 0 bridgehead atoms. The van der Waals surface area contributed by atoms with Gasteiger partial charge in [-0.25, -0.2) is 0 Å². The van der Waals surface area contributed by atoms with E-state index < -0.39 is 0 Å². The second kappa shape index (κ2) is 4.23. The first-order chi connectivity index (χ1) is 7.35. The van der Waals surface area contributed by atoms with Crippen LogP contribution in [0.1, 0.15) is 18.3 Å². The fourth-order valence-electron chi connectivity index (χ4n) is 1.51. The van der Waals surface area contributed by atoms with Crippen LogP contribution in [0.15, 0.2) is 30.6 Å². The van der Waals surface area contributed by atoms with E-state index >= 15 is 0 Å². The Bertz CT molecular complexity index is 430. The average molecular weight is 202 g/mol. The smallest absolute Gasteiger partial charge is 0.137 e. The van der Waals surface area contributed by atoms with Gasteiger partial charge in [-0.05, 0) is 17.7 Å². The van der Waals surface area contributed by atoms with Gasteiger partial charge < -0.3 is 5.73 Å². The van der Waals surface area contributed by atoms with Crippen LogP contribution < -0.4 is 5.73 Å². The van der Waals surface area contributed by atoms with Gasteiger partial charge in [0, 0.05) is 18.7 Å². The first-order valence-corrected chi connectivity index (χ1v) is 5.03. The molecule has 2 N–H and O–H groups in total. The summed E-state index contributed by atoms with van der Waals surface area (Å²) in [6, 6.07) is 8.11. The molecule has 0 aliphatic rings. The first-order valence-electron chi connectivity index (χ1n) is 5.03. The summed E-state index contributed by atoms with van der Waals surface area (Å²) in [7, 11) is 0. The maximum absolute atomic E-state index is 5.54. The van der Waals surface area contributed by atoms with E-state index in [4.69, 9.17) is 5.73 Å². The highest BCUT2D eigenvalue weighted by Crippen LogP contribution is 2.11. The fraction of sp³-hybridized carbons (Fsp3) is 0.273. The van der Waals surface area contributed by atoms with Crippen LogP contribution in [-0.2, 0) is 13.0 Å². The van der Waals surface area contributed by atoms with Gasteiger partial charge in [-0.1, -0.05) is 19.1 Å². The molecule has 0 radical (unpaired) electrons. The Labute approximate surface area is 88.8 Å². The minimum absolute atomic E-state index is 0.573. The molecule has 4 nitrogen and oxygen atoms in total. The van der Waals surface area contributed by atoms with Crippen molar-refractivity contribution in [3.63, 3.8) is 0 Å². The Hall–Kier alpha value is -1.68. The molecule has 2 rings (SSSR count). The number of benzene rings is 1. The lowest BCUT2D eigenvalue weighted by molar-refractivity contribution is 0.882. The molecule has 0 fully saturated rings. The van der Waals surface area contributed by atoms with E-state index in [9.17, 15) is 0 Å². The molecule has 0 atom stereocenters. The van der Waals surface area contributed by atoms with Gasteiger partial charge in [-0.15, -0.1) is 10.2 Å². The van der Waals surface area contributed by atoms with Crippen LogP contribution in [0.4, 0.5) is 0 Å². The summed E-state index contributed by atoms with van der Waals surface area (Å²) in [6.45, 7) is 2.64. The number of hydrogen-bond donors (Lipinski definition) is 1. The maximum atomic E-state index is 5.54. The molecule has 78 valence electrons. The quantitative estimate of drug-likeness (QED) is 0.815. The molecule has 1 heterocycles. The summed E-state index contributed by atoms with van der Waals surface area (Å²) in [5, 5.41) is 7.94. The van der Waals surface area contributed by atoms with Gasteiger partial charge in [0.2, 0.25) is 0 Å². The SMILES string of the molecule is CCc1nncn1-c1ccc(CN)cc1. The van der Waals surface area contributed by atoms with Crippen molar-refractivity contribution >= 4 is 0 Å². The Morgan fingerprint density at radius 3 is 2.60 bits per heavy atom. The molecule has 1 aromatic heterocycles. The second-order valence-corrected chi connectivity index (χ2v) is 3.34. The molecule has 1 aromatic carbocycles. The van der Waals surface area contributed by atoms with Crippen LogP contribution in [0.3, 0.4) is 0 Å². The third-order valence-corrected chi connectivity index (χ3v) is 2.38. The van der Waals surface area contributed by atoms with Crippen molar-refractivity contribution in [2.75, 3.05) is 0 Å². The van der Waals surface area contributed by atoms with Crippen LogP contribution in [0.2, 0.25) is 0 Å². The van der Waals surface area contributed by atoms with E-state index in [1.807, 2.05) is 28.8 Å². The maximum Gasteiger partial charge on any atom is 0.137 e. The summed E-state index contributed by atoms with van der Waals surface area (Å²) < 4.78 is 1.99. The number of nitrogens with two attached hydrogens (primary N) is 1. The number of aryl methyl sites for hydroxylation is 1. The zero-order valence-corrected chi connectivity index (χ0v) is 8.72. The molecule has 0 aliphatic heterocycles. The van der Waals surface area contributed by atoms with Crippen molar-refractivity contribution in [3.8, 4) is 5.69 Å². The third-order valence-electron chi connectivity index (χ3n) is 2.38. The van der Waals surface area contributed by atoms with E-state index in [1.165, 1.54) is 0 Å². The molecule has 0 amide bonds. The van der Waals surface area contributed by atoms with Gasteiger partial charge >= 0.3 is 0 Å².